The van der Waals surface area contributed by atoms with E-state index in [9.17, 15) is 9.59 Å². The van der Waals surface area contributed by atoms with Crippen molar-refractivity contribution >= 4 is 16.8 Å². The molecule has 0 aliphatic carbocycles. The van der Waals surface area contributed by atoms with E-state index in [1.54, 1.807) is 36.4 Å². The summed E-state index contributed by atoms with van der Waals surface area (Å²) in [6.45, 7) is 0. The SMILES string of the molecule is O=C1N[C@H](c2ccco2)n2c1nc1ccccc1c2=O. The number of hydrogen-bond acceptors (Lipinski definition) is 4. The maximum Gasteiger partial charge on any atom is 0.289 e. The zero-order chi connectivity index (χ0) is 13.7. The van der Waals surface area contributed by atoms with Crippen molar-refractivity contribution in [3.05, 3.63) is 64.6 Å². The van der Waals surface area contributed by atoms with Gasteiger partial charge in [0.05, 0.1) is 17.2 Å². The largest absolute Gasteiger partial charge is 0.465 e. The highest BCUT2D eigenvalue weighted by atomic mass is 16.3. The number of rotatable bonds is 1. The fraction of sp³-hybridized carbons (Fsp3) is 0.0714. The molecule has 1 N–H and O–H groups in total. The second-order valence-electron chi connectivity index (χ2n) is 4.52. The number of carbonyl (C=O) groups is 1. The lowest BCUT2D eigenvalue weighted by Crippen LogP contribution is -2.28. The number of hydrogen-bond donors (Lipinski definition) is 1. The van der Waals surface area contributed by atoms with Crippen LogP contribution in [-0.4, -0.2) is 15.5 Å². The maximum absolute atomic E-state index is 12.6. The molecular formula is C14H9N3O3. The molecule has 0 saturated carbocycles. The molecule has 6 heteroatoms. The lowest BCUT2D eigenvalue weighted by Gasteiger charge is -2.11. The van der Waals surface area contributed by atoms with Crippen LogP contribution in [0.25, 0.3) is 10.9 Å². The van der Waals surface area contributed by atoms with E-state index in [2.05, 4.69) is 10.3 Å². The Morgan fingerprint density at radius 2 is 2.00 bits per heavy atom. The van der Waals surface area contributed by atoms with Gasteiger partial charge in [0.2, 0.25) is 5.82 Å². The second kappa shape index (κ2) is 3.80. The molecule has 3 aromatic rings. The van der Waals surface area contributed by atoms with Gasteiger partial charge in [-0.05, 0) is 24.3 Å². The molecule has 1 aliphatic rings. The molecule has 20 heavy (non-hydrogen) atoms. The first-order chi connectivity index (χ1) is 9.75. The average Bonchev–Trinajstić information content (AvgIpc) is 3.08. The van der Waals surface area contributed by atoms with E-state index in [1.807, 2.05) is 0 Å². The van der Waals surface area contributed by atoms with Crippen molar-refractivity contribution in [2.45, 2.75) is 6.17 Å². The highest BCUT2D eigenvalue weighted by Gasteiger charge is 2.34. The lowest BCUT2D eigenvalue weighted by atomic mass is 10.2. The van der Waals surface area contributed by atoms with Crippen LogP contribution in [0, 0.1) is 0 Å². The summed E-state index contributed by atoms with van der Waals surface area (Å²) in [7, 11) is 0. The third-order valence-electron chi connectivity index (χ3n) is 3.35. The first kappa shape index (κ1) is 11.0. The van der Waals surface area contributed by atoms with E-state index in [4.69, 9.17) is 4.42 Å². The molecule has 0 saturated heterocycles. The molecule has 0 spiro atoms. The van der Waals surface area contributed by atoms with Crippen molar-refractivity contribution < 1.29 is 9.21 Å². The highest BCUT2D eigenvalue weighted by molar-refractivity contribution is 5.95. The molecule has 1 amide bonds. The molecule has 0 radical (unpaired) electrons. The summed E-state index contributed by atoms with van der Waals surface area (Å²) in [6, 6.07) is 10.4. The first-order valence-corrected chi connectivity index (χ1v) is 6.11. The molecule has 2 aromatic heterocycles. The van der Waals surface area contributed by atoms with E-state index < -0.39 is 6.17 Å². The molecule has 1 aromatic carbocycles. The van der Waals surface area contributed by atoms with E-state index in [1.165, 1.54) is 10.8 Å². The summed E-state index contributed by atoms with van der Waals surface area (Å²) in [5.74, 6) is 0.223. The minimum Gasteiger partial charge on any atom is -0.465 e. The van der Waals surface area contributed by atoms with Crippen LogP contribution in [-0.2, 0) is 0 Å². The first-order valence-electron chi connectivity index (χ1n) is 6.11. The Labute approximate surface area is 112 Å². The molecule has 0 unspecified atom stereocenters. The van der Waals surface area contributed by atoms with Crippen LogP contribution in [0.15, 0.2) is 51.9 Å². The van der Waals surface area contributed by atoms with Crippen molar-refractivity contribution in [3.63, 3.8) is 0 Å². The highest BCUT2D eigenvalue weighted by Crippen LogP contribution is 2.22. The zero-order valence-corrected chi connectivity index (χ0v) is 10.2. The number of nitrogens with zero attached hydrogens (tertiary/aromatic N) is 2. The number of benzene rings is 1. The number of carbonyl (C=O) groups excluding carboxylic acids is 1. The topological polar surface area (TPSA) is 77.1 Å². The van der Waals surface area contributed by atoms with E-state index in [0.717, 1.165) is 0 Å². The van der Waals surface area contributed by atoms with Gasteiger partial charge < -0.3 is 9.73 Å². The van der Waals surface area contributed by atoms with Crippen LogP contribution in [0.4, 0.5) is 0 Å². The van der Waals surface area contributed by atoms with Crippen molar-refractivity contribution in [1.29, 1.82) is 0 Å². The molecule has 3 heterocycles. The van der Waals surface area contributed by atoms with Gasteiger partial charge >= 0.3 is 0 Å². The van der Waals surface area contributed by atoms with Crippen molar-refractivity contribution in [2.75, 3.05) is 0 Å². The maximum atomic E-state index is 12.6. The lowest BCUT2D eigenvalue weighted by molar-refractivity contribution is 0.0954. The molecule has 1 atom stereocenters. The van der Waals surface area contributed by atoms with E-state index in [-0.39, 0.29) is 17.3 Å². The Bertz CT molecular complexity index is 880. The van der Waals surface area contributed by atoms with Gasteiger partial charge in [-0.1, -0.05) is 12.1 Å². The van der Waals surface area contributed by atoms with Gasteiger partial charge in [-0.2, -0.15) is 0 Å². The van der Waals surface area contributed by atoms with E-state index in [0.29, 0.717) is 16.7 Å². The average molecular weight is 267 g/mol. The molecule has 6 nitrogen and oxygen atoms in total. The van der Waals surface area contributed by atoms with Crippen LogP contribution in [0.1, 0.15) is 22.5 Å². The summed E-state index contributed by atoms with van der Waals surface area (Å²) in [4.78, 5) is 28.8. The standard InChI is InChI=1S/C14H9N3O3/c18-13-12-15-9-5-2-1-4-8(9)14(19)17(12)11(16-13)10-6-3-7-20-10/h1-7,11H,(H,16,18)/t11-/m0/s1. The summed E-state index contributed by atoms with van der Waals surface area (Å²) in [6.07, 6.45) is 0.857. The number of aromatic nitrogens is 2. The third kappa shape index (κ3) is 1.36. The summed E-state index contributed by atoms with van der Waals surface area (Å²) < 4.78 is 6.62. The normalized spacial score (nSPS) is 17.2. The van der Waals surface area contributed by atoms with Gasteiger partial charge in [0.1, 0.15) is 5.76 Å². The molecule has 4 rings (SSSR count). The molecule has 0 fully saturated rings. The molecule has 1 aliphatic heterocycles. The Morgan fingerprint density at radius 3 is 2.80 bits per heavy atom. The summed E-state index contributed by atoms with van der Waals surface area (Å²) in [5, 5.41) is 3.18. The van der Waals surface area contributed by atoms with Crippen molar-refractivity contribution in [1.82, 2.24) is 14.9 Å². The second-order valence-corrected chi connectivity index (χ2v) is 4.52. The Hall–Kier alpha value is -2.89. The smallest absolute Gasteiger partial charge is 0.289 e. The Morgan fingerprint density at radius 1 is 1.15 bits per heavy atom. The van der Waals surface area contributed by atoms with Gasteiger partial charge in [-0.3, -0.25) is 14.2 Å². The minimum atomic E-state index is -0.642. The monoisotopic (exact) mass is 267 g/mol. The van der Waals surface area contributed by atoms with Gasteiger partial charge in [0, 0.05) is 0 Å². The Kier molecular flexibility index (Phi) is 2.09. The fourth-order valence-electron chi connectivity index (χ4n) is 2.44. The third-order valence-corrected chi connectivity index (χ3v) is 3.35. The predicted octanol–water partition coefficient (Wildman–Crippen LogP) is 1.28. The Balaban J connectivity index is 2.06. The number of nitrogens with one attached hydrogen (secondary N) is 1. The van der Waals surface area contributed by atoms with Gasteiger partial charge in [-0.25, -0.2) is 4.98 Å². The molecule has 0 bridgehead atoms. The van der Waals surface area contributed by atoms with Crippen LogP contribution in [0.5, 0.6) is 0 Å². The van der Waals surface area contributed by atoms with Crippen LogP contribution >= 0.6 is 0 Å². The number of furan rings is 1. The predicted molar refractivity (Wildman–Crippen MR) is 70.3 cm³/mol. The number of amides is 1. The van der Waals surface area contributed by atoms with Gasteiger partial charge in [0.15, 0.2) is 6.17 Å². The van der Waals surface area contributed by atoms with Gasteiger partial charge in [-0.15, -0.1) is 0 Å². The van der Waals surface area contributed by atoms with Crippen molar-refractivity contribution in [3.8, 4) is 0 Å². The number of fused-ring (bicyclic) bond motifs is 2. The van der Waals surface area contributed by atoms with Crippen LogP contribution < -0.4 is 10.9 Å². The molecular weight excluding hydrogens is 258 g/mol. The summed E-state index contributed by atoms with van der Waals surface area (Å²) in [5.41, 5.74) is 0.254. The van der Waals surface area contributed by atoms with Gasteiger partial charge in [0.25, 0.3) is 11.5 Å². The van der Waals surface area contributed by atoms with Crippen molar-refractivity contribution in [2.24, 2.45) is 0 Å². The quantitative estimate of drug-likeness (QED) is 0.720. The molecule has 98 valence electrons. The minimum absolute atomic E-state index is 0.107. The fourth-order valence-corrected chi connectivity index (χ4v) is 2.44. The zero-order valence-electron chi connectivity index (χ0n) is 10.2. The number of para-hydroxylation sites is 1. The van der Waals surface area contributed by atoms with Crippen LogP contribution in [0.3, 0.4) is 0 Å². The van der Waals surface area contributed by atoms with E-state index >= 15 is 0 Å². The summed E-state index contributed by atoms with van der Waals surface area (Å²) >= 11 is 0. The van der Waals surface area contributed by atoms with Crippen LogP contribution in [0.2, 0.25) is 0 Å².